The van der Waals surface area contributed by atoms with E-state index < -0.39 is 0 Å². The number of guanidine groups is 1. The second kappa shape index (κ2) is 8.73. The molecule has 0 aliphatic rings. The number of halogens is 1. The zero-order chi connectivity index (χ0) is 17.5. The van der Waals surface area contributed by atoms with Crippen LogP contribution < -0.4 is 5.32 Å². The van der Waals surface area contributed by atoms with Gasteiger partial charge in [0.1, 0.15) is 0 Å². The molecule has 0 radical (unpaired) electrons. The summed E-state index contributed by atoms with van der Waals surface area (Å²) < 4.78 is 7.14. The van der Waals surface area contributed by atoms with Crippen molar-refractivity contribution < 1.29 is 4.52 Å². The van der Waals surface area contributed by atoms with Crippen molar-refractivity contribution in [2.75, 3.05) is 20.1 Å². The average molecular weight is 353 g/mol. The number of aromatic nitrogens is 3. The monoisotopic (exact) mass is 352 g/mol. The first kappa shape index (κ1) is 18.3. The highest BCUT2D eigenvalue weighted by atomic mass is 35.5. The Balaban J connectivity index is 1.90. The number of aliphatic imine (C=N–C) groups is 1. The van der Waals surface area contributed by atoms with Gasteiger partial charge in [-0.05, 0) is 26.3 Å². The van der Waals surface area contributed by atoms with Crippen LogP contribution in [0, 0.1) is 6.92 Å². The van der Waals surface area contributed by atoms with Crippen LogP contribution in [0.2, 0.25) is 5.02 Å². The molecule has 0 aromatic carbocycles. The fourth-order valence-electron chi connectivity index (χ4n) is 2.37. The molecule has 2 rings (SSSR count). The van der Waals surface area contributed by atoms with E-state index in [-0.39, 0.29) is 0 Å². The maximum absolute atomic E-state index is 6.05. The van der Waals surface area contributed by atoms with Crippen LogP contribution in [0.5, 0.6) is 0 Å². The minimum atomic E-state index is 0.666. The van der Waals surface area contributed by atoms with E-state index in [1.54, 1.807) is 0 Å². The Morgan fingerprint density at radius 3 is 2.88 bits per heavy atom. The molecule has 0 aliphatic heterocycles. The maximum atomic E-state index is 6.05. The third kappa shape index (κ3) is 5.26. The summed E-state index contributed by atoms with van der Waals surface area (Å²) in [7, 11) is 4.01. The molecule has 8 heteroatoms. The van der Waals surface area contributed by atoms with Crippen LogP contribution in [-0.4, -0.2) is 45.7 Å². The van der Waals surface area contributed by atoms with Gasteiger partial charge in [0, 0.05) is 45.5 Å². The lowest BCUT2D eigenvalue weighted by atomic mass is 10.3. The van der Waals surface area contributed by atoms with Gasteiger partial charge in [-0.2, -0.15) is 4.98 Å². The van der Waals surface area contributed by atoms with Gasteiger partial charge >= 0.3 is 0 Å². The van der Waals surface area contributed by atoms with Gasteiger partial charge in [0.2, 0.25) is 5.89 Å². The number of rotatable bonds is 7. The Morgan fingerprint density at radius 2 is 2.29 bits per heavy atom. The van der Waals surface area contributed by atoms with E-state index in [2.05, 4.69) is 32.3 Å². The lowest BCUT2D eigenvalue weighted by Gasteiger charge is -2.22. The third-order valence-corrected chi connectivity index (χ3v) is 3.76. The molecule has 0 spiro atoms. The Hall–Kier alpha value is -2.02. The normalized spacial score (nSPS) is 11.8. The molecule has 2 aromatic rings. The fourth-order valence-corrected chi connectivity index (χ4v) is 2.64. The van der Waals surface area contributed by atoms with Gasteiger partial charge in [-0.25, -0.2) is 0 Å². The molecule has 2 aromatic heterocycles. The van der Waals surface area contributed by atoms with Crippen molar-refractivity contribution >= 4 is 17.6 Å². The minimum absolute atomic E-state index is 0.666. The third-order valence-electron chi connectivity index (χ3n) is 3.55. The summed E-state index contributed by atoms with van der Waals surface area (Å²) in [5.74, 6) is 2.21. The Labute approximate surface area is 147 Å². The predicted molar refractivity (Wildman–Crippen MR) is 95.2 cm³/mol. The van der Waals surface area contributed by atoms with E-state index >= 15 is 0 Å². The summed E-state index contributed by atoms with van der Waals surface area (Å²) in [5.41, 5.74) is 1.13. The topological polar surface area (TPSA) is 71.5 Å². The summed E-state index contributed by atoms with van der Waals surface area (Å²) in [6.07, 6.45) is 3.50. The van der Waals surface area contributed by atoms with Gasteiger partial charge in [-0.15, -0.1) is 0 Å². The highest BCUT2D eigenvalue weighted by molar-refractivity contribution is 6.30. The lowest BCUT2D eigenvalue weighted by molar-refractivity contribution is 0.372. The number of nitrogens with one attached hydrogen (secondary N) is 1. The van der Waals surface area contributed by atoms with Crippen LogP contribution in [-0.2, 0) is 20.0 Å². The summed E-state index contributed by atoms with van der Waals surface area (Å²) in [6, 6.07) is 1.97. The van der Waals surface area contributed by atoms with Crippen molar-refractivity contribution in [2.24, 2.45) is 12.0 Å². The lowest BCUT2D eigenvalue weighted by Crippen LogP contribution is -2.38. The molecule has 132 valence electrons. The zero-order valence-electron chi connectivity index (χ0n) is 14.7. The van der Waals surface area contributed by atoms with Gasteiger partial charge < -0.3 is 19.3 Å². The number of nitrogens with zero attached hydrogens (tertiary/aromatic N) is 5. The van der Waals surface area contributed by atoms with Gasteiger partial charge in [0.15, 0.2) is 11.8 Å². The van der Waals surface area contributed by atoms with Crippen molar-refractivity contribution in [1.29, 1.82) is 0 Å². The predicted octanol–water partition coefficient (Wildman–Crippen LogP) is 2.40. The first-order valence-electron chi connectivity index (χ1n) is 8.09. The van der Waals surface area contributed by atoms with Gasteiger partial charge in [0.25, 0.3) is 0 Å². The van der Waals surface area contributed by atoms with E-state index in [0.29, 0.717) is 18.3 Å². The number of aryl methyl sites for hydroxylation is 3. The molecule has 0 aliphatic carbocycles. The molecule has 0 unspecified atom stereocenters. The summed E-state index contributed by atoms with van der Waals surface area (Å²) >= 11 is 6.05. The zero-order valence-corrected chi connectivity index (χ0v) is 15.5. The second-order valence-electron chi connectivity index (χ2n) is 5.69. The van der Waals surface area contributed by atoms with Gasteiger partial charge in [0.05, 0.1) is 11.6 Å². The number of hydrogen-bond donors (Lipinski definition) is 1. The molecule has 0 atom stereocenters. The number of hydrogen-bond acceptors (Lipinski definition) is 4. The molecule has 24 heavy (non-hydrogen) atoms. The van der Waals surface area contributed by atoms with Crippen molar-refractivity contribution in [2.45, 2.75) is 33.2 Å². The largest absolute Gasteiger partial charge is 0.357 e. The molecule has 0 fully saturated rings. The van der Waals surface area contributed by atoms with Crippen molar-refractivity contribution in [3.8, 4) is 0 Å². The van der Waals surface area contributed by atoms with E-state index in [1.165, 1.54) is 0 Å². The quantitative estimate of drug-likeness (QED) is 0.470. The molecular weight excluding hydrogens is 328 g/mol. The molecule has 0 saturated carbocycles. The minimum Gasteiger partial charge on any atom is -0.357 e. The molecule has 0 amide bonds. The summed E-state index contributed by atoms with van der Waals surface area (Å²) in [6.45, 7) is 6.13. The van der Waals surface area contributed by atoms with Crippen LogP contribution in [0.15, 0.2) is 21.8 Å². The molecule has 7 nitrogen and oxygen atoms in total. The molecule has 2 heterocycles. The van der Waals surface area contributed by atoms with E-state index in [0.717, 1.165) is 42.6 Å². The first-order chi connectivity index (χ1) is 11.5. The Morgan fingerprint density at radius 1 is 1.50 bits per heavy atom. The molecule has 0 bridgehead atoms. The summed E-state index contributed by atoms with van der Waals surface area (Å²) in [4.78, 5) is 11.0. The van der Waals surface area contributed by atoms with Crippen LogP contribution in [0.4, 0.5) is 0 Å². The van der Waals surface area contributed by atoms with Crippen molar-refractivity contribution in [3.05, 3.63) is 34.7 Å². The Kier molecular flexibility index (Phi) is 6.66. The molecule has 1 N–H and O–H groups in total. The smallest absolute Gasteiger partial charge is 0.226 e. The second-order valence-corrected chi connectivity index (χ2v) is 6.13. The van der Waals surface area contributed by atoms with Crippen molar-refractivity contribution in [3.63, 3.8) is 0 Å². The first-order valence-corrected chi connectivity index (χ1v) is 8.46. The molecular formula is C16H25ClN6O. The van der Waals surface area contributed by atoms with Gasteiger partial charge in [-0.3, -0.25) is 4.99 Å². The van der Waals surface area contributed by atoms with Crippen LogP contribution >= 0.6 is 11.6 Å². The molecule has 0 saturated heterocycles. The highest BCUT2D eigenvalue weighted by Gasteiger charge is 2.10. The van der Waals surface area contributed by atoms with Crippen molar-refractivity contribution in [1.82, 2.24) is 24.9 Å². The average Bonchev–Trinajstić information content (AvgIpc) is 3.07. The van der Waals surface area contributed by atoms with Gasteiger partial charge in [-0.1, -0.05) is 16.8 Å². The Bertz CT molecular complexity index is 678. The highest BCUT2D eigenvalue weighted by Crippen LogP contribution is 2.14. The van der Waals surface area contributed by atoms with E-state index in [1.807, 2.05) is 37.8 Å². The maximum Gasteiger partial charge on any atom is 0.226 e. The van der Waals surface area contributed by atoms with E-state index in [4.69, 9.17) is 16.1 Å². The van der Waals surface area contributed by atoms with Crippen LogP contribution in [0.25, 0.3) is 0 Å². The van der Waals surface area contributed by atoms with Crippen LogP contribution in [0.3, 0.4) is 0 Å². The fraction of sp³-hybridized carbons (Fsp3) is 0.562. The standard InChI is InChI=1S/C16H25ClN6O/c1-5-18-16(19-8-6-7-15-20-12(2)21-24-15)23(4)11-14-9-13(17)10-22(14)3/h9-10H,5-8,11H2,1-4H3,(H,18,19). The SMILES string of the molecule is CCNC(=NCCCc1nc(C)no1)N(C)Cc1cc(Cl)cn1C. The van der Waals surface area contributed by atoms with E-state index in [9.17, 15) is 0 Å². The summed E-state index contributed by atoms with van der Waals surface area (Å²) in [5, 5.41) is 7.85. The van der Waals surface area contributed by atoms with Crippen LogP contribution in [0.1, 0.15) is 30.8 Å².